The molecule has 0 spiro atoms. The first-order chi connectivity index (χ1) is 13.4. The molecule has 2 N–H and O–H groups in total. The lowest BCUT2D eigenvalue weighted by Crippen LogP contribution is -2.38. The number of rotatable bonds is 8. The predicted octanol–water partition coefficient (Wildman–Crippen LogP) is 4.11. The van der Waals surface area contributed by atoms with Crippen LogP contribution in [0.25, 0.3) is 0 Å². The monoisotopic (exact) mass is 394 g/mol. The van der Waals surface area contributed by atoms with Gasteiger partial charge in [-0.05, 0) is 17.5 Å². The molecule has 0 saturated carbocycles. The fraction of sp³-hybridized carbons (Fsp3) is 0.300. The molecule has 0 aromatic heterocycles. The van der Waals surface area contributed by atoms with Gasteiger partial charge < -0.3 is 15.4 Å². The molecule has 1 atom stereocenters. The molecule has 150 valence electrons. The van der Waals surface area contributed by atoms with E-state index in [1.165, 1.54) is 24.3 Å². The molecule has 2 aromatic rings. The smallest absolute Gasteiger partial charge is 0.412 e. The summed E-state index contributed by atoms with van der Waals surface area (Å²) in [4.78, 5) is 23.4. The largest absolute Gasteiger partial charge is 0.445 e. The highest BCUT2D eigenvalue weighted by Gasteiger charge is 2.41. The van der Waals surface area contributed by atoms with E-state index >= 15 is 0 Å². The minimum atomic E-state index is -4.60. The van der Waals surface area contributed by atoms with Crippen molar-refractivity contribution >= 4 is 12.0 Å². The molecule has 28 heavy (non-hydrogen) atoms. The average molecular weight is 394 g/mol. The van der Waals surface area contributed by atoms with Crippen LogP contribution in [-0.4, -0.2) is 24.7 Å². The van der Waals surface area contributed by atoms with Gasteiger partial charge in [-0.2, -0.15) is 13.2 Å². The van der Waals surface area contributed by atoms with E-state index in [0.29, 0.717) is 0 Å². The highest BCUT2D eigenvalue weighted by Crippen LogP contribution is 2.32. The molecule has 2 aromatic carbocycles. The maximum atomic E-state index is 13.2. The van der Waals surface area contributed by atoms with E-state index in [2.05, 4.69) is 5.32 Å². The molecule has 8 heteroatoms. The Hall–Kier alpha value is -3.03. The highest BCUT2D eigenvalue weighted by molar-refractivity contribution is 5.76. The van der Waals surface area contributed by atoms with Crippen molar-refractivity contribution in [1.82, 2.24) is 10.6 Å². The Labute approximate surface area is 160 Å². The van der Waals surface area contributed by atoms with Crippen molar-refractivity contribution in [3.63, 3.8) is 0 Å². The Bertz CT molecular complexity index is 752. The number of hydrogen-bond donors (Lipinski definition) is 2. The molecule has 0 radical (unpaired) electrons. The Kier molecular flexibility index (Phi) is 7.86. The van der Waals surface area contributed by atoms with E-state index in [-0.39, 0.29) is 31.6 Å². The van der Waals surface area contributed by atoms with E-state index in [4.69, 9.17) is 4.74 Å². The summed E-state index contributed by atoms with van der Waals surface area (Å²) in [6.07, 6.45) is -5.22. The minimum Gasteiger partial charge on any atom is -0.445 e. The molecule has 0 aliphatic carbocycles. The van der Waals surface area contributed by atoms with Gasteiger partial charge in [-0.3, -0.25) is 4.79 Å². The van der Waals surface area contributed by atoms with Crippen molar-refractivity contribution in [2.24, 2.45) is 0 Å². The van der Waals surface area contributed by atoms with Crippen LogP contribution < -0.4 is 10.6 Å². The van der Waals surface area contributed by atoms with Gasteiger partial charge in [-0.1, -0.05) is 60.7 Å². The first kappa shape index (κ1) is 21.3. The van der Waals surface area contributed by atoms with Gasteiger partial charge in [0.1, 0.15) is 6.61 Å². The van der Waals surface area contributed by atoms with E-state index in [0.717, 1.165) is 5.56 Å². The van der Waals surface area contributed by atoms with Crippen LogP contribution in [0.3, 0.4) is 0 Å². The molecular formula is C20H21F3N2O3. The number of alkyl carbamates (subject to hydrolysis) is 1. The van der Waals surface area contributed by atoms with Crippen LogP contribution >= 0.6 is 0 Å². The summed E-state index contributed by atoms with van der Waals surface area (Å²) >= 11 is 0. The van der Waals surface area contributed by atoms with Crippen molar-refractivity contribution in [2.75, 3.05) is 6.54 Å². The van der Waals surface area contributed by atoms with Crippen LogP contribution in [0.2, 0.25) is 0 Å². The molecule has 0 bridgehead atoms. The van der Waals surface area contributed by atoms with E-state index in [1.807, 2.05) is 23.5 Å². The van der Waals surface area contributed by atoms with Gasteiger partial charge in [-0.25, -0.2) is 4.79 Å². The molecule has 0 aliphatic rings. The number of carbonyl (C=O) groups is 2. The Balaban J connectivity index is 1.70. The summed E-state index contributed by atoms with van der Waals surface area (Å²) in [5.41, 5.74) is 0.794. The van der Waals surface area contributed by atoms with Crippen LogP contribution in [0.15, 0.2) is 60.7 Å². The number of halogens is 3. The van der Waals surface area contributed by atoms with Gasteiger partial charge in [0.05, 0.1) is 0 Å². The number of alkyl halides is 3. The molecule has 5 nitrogen and oxygen atoms in total. The minimum absolute atomic E-state index is 0.0361. The van der Waals surface area contributed by atoms with E-state index < -0.39 is 24.2 Å². The molecule has 2 rings (SSSR count). The maximum absolute atomic E-state index is 13.2. The van der Waals surface area contributed by atoms with Crippen molar-refractivity contribution in [3.8, 4) is 0 Å². The molecule has 1 unspecified atom stereocenters. The lowest BCUT2D eigenvalue weighted by atomic mass is 10.1. The fourth-order valence-corrected chi connectivity index (χ4v) is 2.45. The highest BCUT2D eigenvalue weighted by atomic mass is 19.4. The summed E-state index contributed by atoms with van der Waals surface area (Å²) in [6.45, 7) is 0.223. The van der Waals surface area contributed by atoms with Crippen molar-refractivity contribution in [3.05, 3.63) is 71.8 Å². The Morgan fingerprint density at radius 1 is 0.964 bits per heavy atom. The lowest BCUT2D eigenvalue weighted by molar-refractivity contribution is -0.163. The molecule has 0 saturated heterocycles. The van der Waals surface area contributed by atoms with Gasteiger partial charge in [0.2, 0.25) is 5.91 Å². The predicted molar refractivity (Wildman–Crippen MR) is 97.2 cm³/mol. The van der Waals surface area contributed by atoms with Gasteiger partial charge in [0.15, 0.2) is 6.04 Å². The van der Waals surface area contributed by atoms with E-state index in [9.17, 15) is 22.8 Å². The summed E-state index contributed by atoms with van der Waals surface area (Å²) in [5, 5.41) is 4.46. The number of benzene rings is 2. The Morgan fingerprint density at radius 2 is 1.57 bits per heavy atom. The third-order valence-electron chi connectivity index (χ3n) is 3.83. The van der Waals surface area contributed by atoms with Gasteiger partial charge in [0, 0.05) is 13.0 Å². The third kappa shape index (κ3) is 7.30. The summed E-state index contributed by atoms with van der Waals surface area (Å²) < 4.78 is 44.6. The van der Waals surface area contributed by atoms with Crippen molar-refractivity contribution < 1.29 is 27.5 Å². The molecule has 0 heterocycles. The number of carbonyl (C=O) groups excluding carboxylic acids is 2. The van der Waals surface area contributed by atoms with Gasteiger partial charge >= 0.3 is 12.3 Å². The van der Waals surface area contributed by atoms with Crippen LogP contribution in [0.1, 0.15) is 30.0 Å². The maximum Gasteiger partial charge on any atom is 0.412 e. The zero-order valence-corrected chi connectivity index (χ0v) is 15.0. The summed E-state index contributed by atoms with van der Waals surface area (Å²) in [6, 6.07) is 14.2. The van der Waals surface area contributed by atoms with Gasteiger partial charge in [-0.15, -0.1) is 0 Å². The number of ether oxygens (including phenoxy) is 1. The standard InChI is InChI=1S/C20H21F3N2O3/c21-20(22,23)18(16-10-5-2-6-11-16)25-17(26)12-7-13-24-19(27)28-14-15-8-3-1-4-9-15/h1-6,8-11,18H,7,12-14H2,(H,24,27)(H,25,26). The van der Waals surface area contributed by atoms with E-state index in [1.54, 1.807) is 18.2 Å². The van der Waals surface area contributed by atoms with Crippen molar-refractivity contribution in [2.45, 2.75) is 31.7 Å². The molecule has 2 amide bonds. The second kappa shape index (κ2) is 10.3. The number of hydrogen-bond acceptors (Lipinski definition) is 3. The topological polar surface area (TPSA) is 67.4 Å². The normalized spacial score (nSPS) is 12.1. The first-order valence-corrected chi connectivity index (χ1v) is 8.72. The van der Waals surface area contributed by atoms with Crippen LogP contribution in [-0.2, 0) is 16.1 Å². The zero-order valence-electron chi connectivity index (χ0n) is 15.0. The number of amides is 2. The third-order valence-corrected chi connectivity index (χ3v) is 3.83. The Morgan fingerprint density at radius 3 is 2.18 bits per heavy atom. The fourth-order valence-electron chi connectivity index (χ4n) is 2.45. The number of nitrogens with one attached hydrogen (secondary N) is 2. The molecule has 0 fully saturated rings. The quantitative estimate of drug-likeness (QED) is 0.662. The molecular weight excluding hydrogens is 373 g/mol. The SMILES string of the molecule is O=C(CCCNC(=O)OCc1ccccc1)NC(c1ccccc1)C(F)(F)F. The average Bonchev–Trinajstić information content (AvgIpc) is 2.68. The lowest BCUT2D eigenvalue weighted by Gasteiger charge is -2.22. The van der Waals surface area contributed by atoms with Crippen LogP contribution in [0.5, 0.6) is 0 Å². The summed E-state index contributed by atoms with van der Waals surface area (Å²) in [5.74, 6) is -0.745. The van der Waals surface area contributed by atoms with Crippen molar-refractivity contribution in [1.29, 1.82) is 0 Å². The first-order valence-electron chi connectivity index (χ1n) is 8.72. The van der Waals surface area contributed by atoms with Crippen LogP contribution in [0, 0.1) is 0 Å². The zero-order chi connectivity index (χ0) is 20.4. The van der Waals surface area contributed by atoms with Crippen LogP contribution in [0.4, 0.5) is 18.0 Å². The summed E-state index contributed by atoms with van der Waals surface area (Å²) in [7, 11) is 0. The second-order valence-corrected chi connectivity index (χ2v) is 6.04. The molecule has 0 aliphatic heterocycles. The van der Waals surface area contributed by atoms with Gasteiger partial charge in [0.25, 0.3) is 0 Å². The second-order valence-electron chi connectivity index (χ2n) is 6.04.